The SMILES string of the molecule is CC(=O)Nc1cccoc1=O. The maximum absolute atomic E-state index is 10.8. The van der Waals surface area contributed by atoms with Gasteiger partial charge in [0, 0.05) is 6.92 Å². The van der Waals surface area contributed by atoms with Crippen molar-refractivity contribution in [2.45, 2.75) is 6.92 Å². The standard InChI is InChI=1S/C7H7NO3/c1-5(9)8-6-3-2-4-11-7(6)10/h2-4H,1H3,(H,8,9). The molecule has 0 saturated carbocycles. The van der Waals surface area contributed by atoms with Gasteiger partial charge in [-0.15, -0.1) is 0 Å². The van der Waals surface area contributed by atoms with Crippen molar-refractivity contribution in [3.05, 3.63) is 28.8 Å². The smallest absolute Gasteiger partial charge is 0.359 e. The van der Waals surface area contributed by atoms with Crippen LogP contribution in [0.15, 0.2) is 27.6 Å². The van der Waals surface area contributed by atoms with Crippen molar-refractivity contribution in [3.63, 3.8) is 0 Å². The second-order valence-corrected chi connectivity index (χ2v) is 2.00. The summed E-state index contributed by atoms with van der Waals surface area (Å²) in [6.45, 7) is 1.33. The molecule has 1 amide bonds. The average molecular weight is 153 g/mol. The molecule has 1 aromatic rings. The van der Waals surface area contributed by atoms with E-state index in [9.17, 15) is 9.59 Å². The monoisotopic (exact) mass is 153 g/mol. The lowest BCUT2D eigenvalue weighted by atomic mass is 10.4. The third-order valence-electron chi connectivity index (χ3n) is 1.05. The van der Waals surface area contributed by atoms with Crippen LogP contribution < -0.4 is 10.9 Å². The van der Waals surface area contributed by atoms with Crippen LogP contribution in [-0.4, -0.2) is 5.91 Å². The largest absolute Gasteiger partial charge is 0.430 e. The predicted molar refractivity (Wildman–Crippen MR) is 39.3 cm³/mol. The molecule has 0 aromatic carbocycles. The summed E-state index contributed by atoms with van der Waals surface area (Å²) in [5, 5.41) is 2.33. The van der Waals surface area contributed by atoms with Crippen LogP contribution in [0.2, 0.25) is 0 Å². The first-order valence-electron chi connectivity index (χ1n) is 3.05. The lowest BCUT2D eigenvalue weighted by molar-refractivity contribution is -0.114. The van der Waals surface area contributed by atoms with Crippen molar-refractivity contribution in [2.24, 2.45) is 0 Å². The highest BCUT2D eigenvalue weighted by molar-refractivity contribution is 5.88. The molecule has 58 valence electrons. The van der Waals surface area contributed by atoms with Crippen LogP contribution in [0, 0.1) is 0 Å². The van der Waals surface area contributed by atoms with Gasteiger partial charge in [0.1, 0.15) is 5.69 Å². The third kappa shape index (κ3) is 1.93. The topological polar surface area (TPSA) is 59.3 Å². The molecule has 11 heavy (non-hydrogen) atoms. The molecule has 4 heteroatoms. The zero-order valence-electron chi connectivity index (χ0n) is 5.96. The highest BCUT2D eigenvalue weighted by Crippen LogP contribution is 1.96. The van der Waals surface area contributed by atoms with Gasteiger partial charge < -0.3 is 9.73 Å². The van der Waals surface area contributed by atoms with E-state index in [0.717, 1.165) is 0 Å². The Morgan fingerprint density at radius 2 is 2.36 bits per heavy atom. The number of anilines is 1. The van der Waals surface area contributed by atoms with Crippen molar-refractivity contribution in [1.29, 1.82) is 0 Å². The number of nitrogens with one attached hydrogen (secondary N) is 1. The molecule has 1 aromatic heterocycles. The number of hydrogen-bond acceptors (Lipinski definition) is 3. The number of carbonyl (C=O) groups excluding carboxylic acids is 1. The second kappa shape index (κ2) is 3.01. The minimum Gasteiger partial charge on any atom is -0.430 e. The Balaban J connectivity index is 2.95. The van der Waals surface area contributed by atoms with Crippen LogP contribution in [0.1, 0.15) is 6.92 Å². The van der Waals surface area contributed by atoms with E-state index in [0.29, 0.717) is 0 Å². The Bertz CT molecular complexity index is 315. The lowest BCUT2D eigenvalue weighted by Gasteiger charge is -1.96. The highest BCUT2D eigenvalue weighted by atomic mass is 16.4. The van der Waals surface area contributed by atoms with Crippen molar-refractivity contribution in [2.75, 3.05) is 5.32 Å². The van der Waals surface area contributed by atoms with Crippen molar-refractivity contribution >= 4 is 11.6 Å². The van der Waals surface area contributed by atoms with E-state index in [2.05, 4.69) is 9.73 Å². The molecule has 0 spiro atoms. The highest BCUT2D eigenvalue weighted by Gasteiger charge is 1.99. The summed E-state index contributed by atoms with van der Waals surface area (Å²) in [6, 6.07) is 3.01. The van der Waals surface area contributed by atoms with Crippen molar-refractivity contribution in [3.8, 4) is 0 Å². The Kier molecular flexibility index (Phi) is 2.06. The van der Waals surface area contributed by atoms with Gasteiger partial charge >= 0.3 is 5.63 Å². The van der Waals surface area contributed by atoms with Gasteiger partial charge in [-0.3, -0.25) is 4.79 Å². The fourth-order valence-corrected chi connectivity index (χ4v) is 0.650. The first kappa shape index (κ1) is 7.53. The lowest BCUT2D eigenvalue weighted by Crippen LogP contribution is -2.13. The normalized spacial score (nSPS) is 9.18. The van der Waals surface area contributed by atoms with Crippen LogP contribution in [0.4, 0.5) is 5.69 Å². The molecule has 0 aliphatic heterocycles. The summed E-state index contributed by atoms with van der Waals surface area (Å²) in [7, 11) is 0. The van der Waals surface area contributed by atoms with Gasteiger partial charge in [-0.25, -0.2) is 4.79 Å². The third-order valence-corrected chi connectivity index (χ3v) is 1.05. The molecule has 0 radical (unpaired) electrons. The first-order valence-corrected chi connectivity index (χ1v) is 3.05. The van der Waals surface area contributed by atoms with Gasteiger partial charge in [0.15, 0.2) is 0 Å². The van der Waals surface area contributed by atoms with E-state index in [1.54, 1.807) is 0 Å². The molecule has 0 atom stereocenters. The minimum atomic E-state index is -0.539. The van der Waals surface area contributed by atoms with E-state index >= 15 is 0 Å². The van der Waals surface area contributed by atoms with E-state index in [-0.39, 0.29) is 11.6 Å². The molecular weight excluding hydrogens is 146 g/mol. The summed E-state index contributed by atoms with van der Waals surface area (Å²) < 4.78 is 4.49. The number of amides is 1. The maximum atomic E-state index is 10.8. The van der Waals surface area contributed by atoms with Crippen LogP contribution in [0.25, 0.3) is 0 Å². The first-order chi connectivity index (χ1) is 5.20. The fourth-order valence-electron chi connectivity index (χ4n) is 0.650. The summed E-state index contributed by atoms with van der Waals surface area (Å²) >= 11 is 0. The predicted octanol–water partition coefficient (Wildman–Crippen LogP) is 0.598. The molecule has 0 bridgehead atoms. The molecule has 0 saturated heterocycles. The maximum Gasteiger partial charge on any atom is 0.359 e. The van der Waals surface area contributed by atoms with Gasteiger partial charge in [0.2, 0.25) is 5.91 Å². The second-order valence-electron chi connectivity index (χ2n) is 2.00. The van der Waals surface area contributed by atoms with E-state index < -0.39 is 5.63 Å². The quantitative estimate of drug-likeness (QED) is 0.642. The summed E-state index contributed by atoms with van der Waals surface area (Å²) in [5.41, 5.74) is -0.372. The molecule has 4 nitrogen and oxygen atoms in total. The number of rotatable bonds is 1. The van der Waals surface area contributed by atoms with Crippen LogP contribution in [-0.2, 0) is 4.79 Å². The molecule has 1 N–H and O–H groups in total. The summed E-state index contributed by atoms with van der Waals surface area (Å²) in [6.07, 6.45) is 1.26. The Labute approximate surface area is 62.8 Å². The molecular formula is C7H7NO3. The molecule has 0 fully saturated rings. The molecule has 1 heterocycles. The van der Waals surface area contributed by atoms with E-state index in [1.165, 1.54) is 25.3 Å². The number of carbonyl (C=O) groups is 1. The molecule has 0 aliphatic rings. The van der Waals surface area contributed by atoms with Gasteiger partial charge in [-0.1, -0.05) is 0 Å². The van der Waals surface area contributed by atoms with Crippen molar-refractivity contribution < 1.29 is 9.21 Å². The average Bonchev–Trinajstić information content (AvgIpc) is 1.93. The van der Waals surface area contributed by atoms with Crippen LogP contribution in [0.5, 0.6) is 0 Å². The van der Waals surface area contributed by atoms with E-state index in [4.69, 9.17) is 0 Å². The zero-order chi connectivity index (χ0) is 8.27. The molecule has 1 rings (SSSR count). The van der Waals surface area contributed by atoms with Gasteiger partial charge in [-0.2, -0.15) is 0 Å². The minimum absolute atomic E-state index is 0.167. The fraction of sp³-hybridized carbons (Fsp3) is 0.143. The van der Waals surface area contributed by atoms with Gasteiger partial charge in [0.25, 0.3) is 0 Å². The molecule has 0 unspecified atom stereocenters. The molecule has 0 aliphatic carbocycles. The van der Waals surface area contributed by atoms with Gasteiger partial charge in [0.05, 0.1) is 6.26 Å². The summed E-state index contributed by atoms with van der Waals surface area (Å²) in [4.78, 5) is 21.2. The van der Waals surface area contributed by atoms with Gasteiger partial charge in [-0.05, 0) is 12.1 Å². The zero-order valence-corrected chi connectivity index (χ0v) is 5.96. The Morgan fingerprint density at radius 3 is 2.91 bits per heavy atom. The Hall–Kier alpha value is -1.58. The Morgan fingerprint density at radius 1 is 1.64 bits per heavy atom. The van der Waals surface area contributed by atoms with Crippen LogP contribution >= 0.6 is 0 Å². The summed E-state index contributed by atoms with van der Waals surface area (Å²) in [5.74, 6) is -0.288. The number of hydrogen-bond donors (Lipinski definition) is 1. The van der Waals surface area contributed by atoms with E-state index in [1.807, 2.05) is 0 Å². The van der Waals surface area contributed by atoms with Crippen molar-refractivity contribution in [1.82, 2.24) is 0 Å². The van der Waals surface area contributed by atoms with Crippen LogP contribution in [0.3, 0.4) is 0 Å².